The molecule has 0 bridgehead atoms. The highest BCUT2D eigenvalue weighted by atomic mass is 19.4. The van der Waals surface area contributed by atoms with Crippen molar-refractivity contribution in [1.29, 1.82) is 0 Å². The molecule has 19 heavy (non-hydrogen) atoms. The van der Waals surface area contributed by atoms with Crippen molar-refractivity contribution in [2.45, 2.75) is 19.0 Å². The van der Waals surface area contributed by atoms with Gasteiger partial charge in [-0.05, 0) is 30.5 Å². The molecule has 0 saturated carbocycles. The maximum atomic E-state index is 11.8. The van der Waals surface area contributed by atoms with Crippen molar-refractivity contribution < 1.29 is 27.8 Å². The minimum Gasteiger partial charge on any atom is -0.440 e. The zero-order chi connectivity index (χ0) is 14.3. The Morgan fingerprint density at radius 2 is 2.11 bits per heavy atom. The second-order valence-electron chi connectivity index (χ2n) is 3.84. The molecule has 0 atom stereocenters. The number of ether oxygens (including phenoxy) is 1. The van der Waals surface area contributed by atoms with Gasteiger partial charge < -0.3 is 9.84 Å². The van der Waals surface area contributed by atoms with Gasteiger partial charge in [0.05, 0.1) is 0 Å². The van der Waals surface area contributed by atoms with E-state index < -0.39 is 18.9 Å². The van der Waals surface area contributed by atoms with E-state index in [1.54, 1.807) is 18.2 Å². The number of alkyl halides is 3. The minimum absolute atomic E-state index is 0.0469. The van der Waals surface area contributed by atoms with Crippen molar-refractivity contribution in [1.82, 2.24) is 0 Å². The van der Waals surface area contributed by atoms with E-state index >= 15 is 0 Å². The molecular weight excluding hydrogens is 263 g/mol. The summed E-state index contributed by atoms with van der Waals surface area (Å²) in [5.41, 5.74) is 1.21. The van der Waals surface area contributed by atoms with Gasteiger partial charge in [-0.25, -0.2) is 4.79 Å². The van der Waals surface area contributed by atoms with Crippen LogP contribution < -0.4 is 5.32 Å². The van der Waals surface area contributed by atoms with Gasteiger partial charge in [0.2, 0.25) is 0 Å². The molecule has 0 radical (unpaired) electrons. The minimum atomic E-state index is -4.54. The van der Waals surface area contributed by atoms with Crippen molar-refractivity contribution in [3.8, 4) is 0 Å². The highest BCUT2D eigenvalue weighted by molar-refractivity contribution is 5.84. The second kappa shape index (κ2) is 6.98. The van der Waals surface area contributed by atoms with Crippen LogP contribution in [0.15, 0.2) is 24.3 Å². The topological polar surface area (TPSA) is 58.6 Å². The zero-order valence-electron chi connectivity index (χ0n) is 10.0. The molecule has 1 rings (SSSR count). The molecular formula is C12H14F3NO3. The zero-order valence-corrected chi connectivity index (χ0v) is 10.0. The van der Waals surface area contributed by atoms with Gasteiger partial charge in [0.15, 0.2) is 6.61 Å². The van der Waals surface area contributed by atoms with Crippen LogP contribution in [0.5, 0.6) is 0 Å². The predicted octanol–water partition coefficient (Wildman–Crippen LogP) is 2.72. The Balaban J connectivity index is 2.49. The van der Waals surface area contributed by atoms with Gasteiger partial charge in [0, 0.05) is 12.3 Å². The third-order valence-corrected chi connectivity index (χ3v) is 2.16. The molecule has 4 nitrogen and oxygen atoms in total. The summed E-state index contributed by atoms with van der Waals surface area (Å²) in [5.74, 6) is 0. The first-order chi connectivity index (χ1) is 8.90. The first-order valence-electron chi connectivity index (χ1n) is 5.61. The lowest BCUT2D eigenvalue weighted by Gasteiger charge is -2.10. The van der Waals surface area contributed by atoms with Crippen LogP contribution in [0, 0.1) is 0 Å². The van der Waals surface area contributed by atoms with E-state index in [1.807, 2.05) is 0 Å². The molecule has 0 spiro atoms. The molecule has 0 aliphatic heterocycles. The fraction of sp³-hybridized carbons (Fsp3) is 0.417. The molecule has 7 heteroatoms. The highest BCUT2D eigenvalue weighted by Crippen LogP contribution is 2.16. The SMILES string of the molecule is O=C(Nc1cccc(CCCO)c1)OCC(F)(F)F. The van der Waals surface area contributed by atoms with Crippen LogP contribution in [0.25, 0.3) is 0 Å². The van der Waals surface area contributed by atoms with Crippen LogP contribution >= 0.6 is 0 Å². The van der Waals surface area contributed by atoms with Gasteiger partial charge in [-0.2, -0.15) is 13.2 Å². The Bertz CT molecular complexity index is 421. The third-order valence-electron chi connectivity index (χ3n) is 2.16. The van der Waals surface area contributed by atoms with Crippen molar-refractivity contribution in [3.05, 3.63) is 29.8 Å². The van der Waals surface area contributed by atoms with Gasteiger partial charge in [-0.15, -0.1) is 0 Å². The quantitative estimate of drug-likeness (QED) is 0.870. The predicted molar refractivity (Wildman–Crippen MR) is 62.9 cm³/mol. The average Bonchev–Trinajstić information content (AvgIpc) is 2.33. The number of carbonyl (C=O) groups is 1. The summed E-state index contributed by atoms with van der Waals surface area (Å²) in [4.78, 5) is 11.1. The lowest BCUT2D eigenvalue weighted by atomic mass is 10.1. The summed E-state index contributed by atoms with van der Waals surface area (Å²) < 4.78 is 39.5. The van der Waals surface area contributed by atoms with E-state index in [-0.39, 0.29) is 6.61 Å². The van der Waals surface area contributed by atoms with E-state index in [4.69, 9.17) is 5.11 Å². The number of benzene rings is 1. The molecule has 0 fully saturated rings. The number of halogens is 3. The molecule has 0 saturated heterocycles. The summed E-state index contributed by atoms with van der Waals surface area (Å²) in [6.07, 6.45) is -4.51. The van der Waals surface area contributed by atoms with Crippen LogP contribution in [-0.2, 0) is 11.2 Å². The van der Waals surface area contributed by atoms with E-state index in [0.29, 0.717) is 18.5 Å². The number of hydrogen-bond acceptors (Lipinski definition) is 3. The van der Waals surface area contributed by atoms with Gasteiger partial charge in [0.25, 0.3) is 0 Å². The number of aliphatic hydroxyl groups is 1. The summed E-state index contributed by atoms with van der Waals surface area (Å²) in [5, 5.41) is 10.9. The number of aliphatic hydroxyl groups excluding tert-OH is 1. The first-order valence-corrected chi connectivity index (χ1v) is 5.61. The van der Waals surface area contributed by atoms with Crippen molar-refractivity contribution in [2.24, 2.45) is 0 Å². The monoisotopic (exact) mass is 277 g/mol. The molecule has 0 heterocycles. The molecule has 0 unspecified atom stereocenters. The summed E-state index contributed by atoms with van der Waals surface area (Å²) in [6, 6.07) is 6.61. The number of rotatable bonds is 5. The molecule has 0 aliphatic rings. The summed E-state index contributed by atoms with van der Waals surface area (Å²) >= 11 is 0. The van der Waals surface area contributed by atoms with E-state index in [1.165, 1.54) is 6.07 Å². The third kappa shape index (κ3) is 6.66. The van der Waals surface area contributed by atoms with E-state index in [9.17, 15) is 18.0 Å². The maximum Gasteiger partial charge on any atom is 0.422 e. The fourth-order valence-corrected chi connectivity index (χ4v) is 1.39. The molecule has 1 amide bonds. The van der Waals surface area contributed by atoms with Crippen molar-refractivity contribution in [3.63, 3.8) is 0 Å². The average molecular weight is 277 g/mol. The molecule has 1 aromatic carbocycles. The normalized spacial score (nSPS) is 11.2. The van der Waals surface area contributed by atoms with E-state index in [2.05, 4.69) is 10.1 Å². The lowest BCUT2D eigenvalue weighted by Crippen LogP contribution is -2.23. The number of aryl methyl sites for hydroxylation is 1. The lowest BCUT2D eigenvalue weighted by molar-refractivity contribution is -0.159. The molecule has 2 N–H and O–H groups in total. The first kappa shape index (κ1) is 15.3. The van der Waals surface area contributed by atoms with Crippen molar-refractivity contribution >= 4 is 11.8 Å². The van der Waals surface area contributed by atoms with Gasteiger partial charge >= 0.3 is 12.3 Å². The van der Waals surface area contributed by atoms with Gasteiger partial charge in [0.1, 0.15) is 0 Å². The number of amides is 1. The number of anilines is 1. The van der Waals surface area contributed by atoms with Crippen LogP contribution in [0.4, 0.5) is 23.7 Å². The van der Waals surface area contributed by atoms with Crippen molar-refractivity contribution in [2.75, 3.05) is 18.5 Å². The molecule has 106 valence electrons. The largest absolute Gasteiger partial charge is 0.440 e. The van der Waals surface area contributed by atoms with Crippen LogP contribution in [-0.4, -0.2) is 30.6 Å². The molecule has 0 aromatic heterocycles. The van der Waals surface area contributed by atoms with Crippen LogP contribution in [0.1, 0.15) is 12.0 Å². The van der Waals surface area contributed by atoms with E-state index in [0.717, 1.165) is 5.56 Å². The number of carbonyl (C=O) groups excluding carboxylic acids is 1. The number of hydrogen-bond donors (Lipinski definition) is 2. The highest BCUT2D eigenvalue weighted by Gasteiger charge is 2.29. The second-order valence-corrected chi connectivity index (χ2v) is 3.84. The standard InChI is InChI=1S/C12H14F3NO3/c13-12(14,15)8-19-11(18)16-10-5-1-3-9(7-10)4-2-6-17/h1,3,5,7,17H,2,4,6,8H2,(H,16,18). The Hall–Kier alpha value is -1.76. The molecule has 0 aliphatic carbocycles. The van der Waals surface area contributed by atoms with Gasteiger partial charge in [-0.3, -0.25) is 5.32 Å². The summed E-state index contributed by atoms with van der Waals surface area (Å²) in [6.45, 7) is -1.58. The Labute approximate surface area is 108 Å². The van der Waals surface area contributed by atoms with Gasteiger partial charge in [-0.1, -0.05) is 12.1 Å². The van der Waals surface area contributed by atoms with Crippen LogP contribution in [0.2, 0.25) is 0 Å². The van der Waals surface area contributed by atoms with Crippen LogP contribution in [0.3, 0.4) is 0 Å². The smallest absolute Gasteiger partial charge is 0.422 e. The molecule has 1 aromatic rings. The summed E-state index contributed by atoms with van der Waals surface area (Å²) in [7, 11) is 0. The maximum absolute atomic E-state index is 11.8. The Kier molecular flexibility index (Phi) is 5.62. The Morgan fingerprint density at radius 3 is 2.74 bits per heavy atom. The number of nitrogens with one attached hydrogen (secondary N) is 1. The fourth-order valence-electron chi connectivity index (χ4n) is 1.39. The Morgan fingerprint density at radius 1 is 1.37 bits per heavy atom.